The predicted octanol–water partition coefficient (Wildman–Crippen LogP) is 2.83. The van der Waals surface area contributed by atoms with Crippen LogP contribution in [-0.4, -0.2) is 33.3 Å². The average Bonchev–Trinajstić information content (AvgIpc) is 2.64. The minimum Gasteiger partial charge on any atom is -0.347 e. The van der Waals surface area contributed by atoms with Gasteiger partial charge in [-0.2, -0.15) is 0 Å². The average molecular weight is 489 g/mol. The number of rotatable bonds is 8. The Labute approximate surface area is 177 Å². The quantitative estimate of drug-likeness (QED) is 0.531. The van der Waals surface area contributed by atoms with E-state index in [1.54, 1.807) is 43.3 Å². The van der Waals surface area contributed by atoms with Crippen LogP contribution in [0.4, 0.5) is 5.69 Å². The third kappa shape index (κ3) is 6.30. The Morgan fingerprint density at radius 1 is 1.07 bits per heavy atom. The molecule has 0 aliphatic heterocycles. The molecule has 0 spiro atoms. The molecule has 150 valence electrons. The summed E-state index contributed by atoms with van der Waals surface area (Å²) in [6.45, 7) is 1.44. The number of nitrogens with one attached hydrogen (secondary N) is 3. The van der Waals surface area contributed by atoms with Crippen LogP contribution in [0.15, 0.2) is 51.8 Å². The van der Waals surface area contributed by atoms with Crippen LogP contribution in [0.25, 0.3) is 0 Å². The predicted molar refractivity (Wildman–Crippen MR) is 112 cm³/mol. The second-order valence-corrected chi connectivity index (χ2v) is 8.81. The molecule has 0 aromatic heterocycles. The first kappa shape index (κ1) is 22.4. The molecule has 0 saturated heterocycles. The number of hydrogen-bond donors (Lipinski definition) is 3. The van der Waals surface area contributed by atoms with Crippen LogP contribution in [0, 0.1) is 6.92 Å². The molecule has 0 fully saturated rings. The summed E-state index contributed by atoms with van der Waals surface area (Å²) in [4.78, 5) is 23.9. The molecule has 3 N–H and O–H groups in total. The molecule has 0 aliphatic carbocycles. The lowest BCUT2D eigenvalue weighted by molar-refractivity contribution is -0.124. The first-order valence-electron chi connectivity index (χ1n) is 8.26. The van der Waals surface area contributed by atoms with Gasteiger partial charge in [0.25, 0.3) is 0 Å². The van der Waals surface area contributed by atoms with Crippen molar-refractivity contribution in [2.75, 3.05) is 18.4 Å². The number of amides is 2. The highest BCUT2D eigenvalue weighted by Gasteiger charge is 2.17. The Hall–Kier alpha value is -1.94. The van der Waals surface area contributed by atoms with E-state index in [9.17, 15) is 18.0 Å². The van der Waals surface area contributed by atoms with E-state index < -0.39 is 21.8 Å². The lowest BCUT2D eigenvalue weighted by atomic mass is 10.2. The van der Waals surface area contributed by atoms with Gasteiger partial charge < -0.3 is 10.6 Å². The summed E-state index contributed by atoms with van der Waals surface area (Å²) in [5, 5.41) is 5.63. The Morgan fingerprint density at radius 2 is 1.79 bits per heavy atom. The van der Waals surface area contributed by atoms with Crippen LogP contribution in [0.1, 0.15) is 12.0 Å². The minimum atomic E-state index is -3.74. The summed E-state index contributed by atoms with van der Waals surface area (Å²) in [5.74, 6) is -0.861. The number of sulfonamides is 1. The van der Waals surface area contributed by atoms with Gasteiger partial charge in [0.05, 0.1) is 11.4 Å². The fraction of sp³-hybridized carbons (Fsp3) is 0.222. The SMILES string of the molecule is Cc1c(Cl)cccc1NC(=O)CNC(=O)CCNS(=O)(=O)c1ccccc1Br. The van der Waals surface area contributed by atoms with Crippen LogP contribution in [-0.2, 0) is 19.6 Å². The van der Waals surface area contributed by atoms with Crippen LogP contribution >= 0.6 is 27.5 Å². The molecule has 0 atom stereocenters. The summed E-state index contributed by atoms with van der Waals surface area (Å²) >= 11 is 9.17. The van der Waals surface area contributed by atoms with Crippen molar-refractivity contribution in [1.82, 2.24) is 10.0 Å². The summed E-state index contributed by atoms with van der Waals surface area (Å²) < 4.78 is 27.2. The van der Waals surface area contributed by atoms with E-state index in [1.807, 2.05) is 0 Å². The molecule has 2 rings (SSSR count). The second kappa shape index (κ2) is 10.0. The van der Waals surface area contributed by atoms with Crippen molar-refractivity contribution in [3.8, 4) is 0 Å². The molecule has 10 heteroatoms. The third-order valence-corrected chi connectivity index (χ3v) is 6.64. The van der Waals surface area contributed by atoms with Gasteiger partial charge in [-0.25, -0.2) is 13.1 Å². The Balaban J connectivity index is 1.78. The van der Waals surface area contributed by atoms with Crippen LogP contribution in [0.3, 0.4) is 0 Å². The lowest BCUT2D eigenvalue weighted by Gasteiger charge is -2.11. The minimum absolute atomic E-state index is 0.0895. The summed E-state index contributed by atoms with van der Waals surface area (Å²) in [7, 11) is -3.74. The second-order valence-electron chi connectivity index (χ2n) is 5.82. The highest BCUT2D eigenvalue weighted by Crippen LogP contribution is 2.23. The maximum Gasteiger partial charge on any atom is 0.243 e. The van der Waals surface area contributed by atoms with Crippen molar-refractivity contribution in [2.24, 2.45) is 0 Å². The van der Waals surface area contributed by atoms with E-state index in [1.165, 1.54) is 6.07 Å². The van der Waals surface area contributed by atoms with Gasteiger partial charge in [-0.1, -0.05) is 29.8 Å². The van der Waals surface area contributed by atoms with Gasteiger partial charge in [0.1, 0.15) is 0 Å². The highest BCUT2D eigenvalue weighted by atomic mass is 79.9. The van der Waals surface area contributed by atoms with Gasteiger partial charge in [-0.05, 0) is 52.7 Å². The van der Waals surface area contributed by atoms with Crippen molar-refractivity contribution >= 4 is 55.1 Å². The normalized spacial score (nSPS) is 11.1. The highest BCUT2D eigenvalue weighted by molar-refractivity contribution is 9.10. The summed E-state index contributed by atoms with van der Waals surface area (Å²) in [5.41, 5.74) is 1.29. The van der Waals surface area contributed by atoms with Crippen molar-refractivity contribution < 1.29 is 18.0 Å². The van der Waals surface area contributed by atoms with E-state index >= 15 is 0 Å². The number of anilines is 1. The number of benzene rings is 2. The van der Waals surface area contributed by atoms with Gasteiger partial charge in [0.2, 0.25) is 21.8 Å². The molecular weight excluding hydrogens is 470 g/mol. The molecule has 2 amide bonds. The fourth-order valence-electron chi connectivity index (χ4n) is 2.24. The van der Waals surface area contributed by atoms with Crippen molar-refractivity contribution in [3.05, 3.63) is 57.5 Å². The Kier molecular flexibility index (Phi) is 7.99. The zero-order valence-electron chi connectivity index (χ0n) is 15.0. The van der Waals surface area contributed by atoms with E-state index in [2.05, 4.69) is 31.3 Å². The number of carbonyl (C=O) groups is 2. The van der Waals surface area contributed by atoms with E-state index in [0.717, 1.165) is 5.56 Å². The smallest absolute Gasteiger partial charge is 0.243 e. The molecule has 7 nitrogen and oxygen atoms in total. The maximum atomic E-state index is 12.2. The zero-order chi connectivity index (χ0) is 20.7. The molecule has 0 unspecified atom stereocenters. The molecule has 0 heterocycles. The summed E-state index contributed by atoms with van der Waals surface area (Å²) in [6, 6.07) is 11.5. The standard InChI is InChI=1S/C18H19BrClN3O4S/c1-12-14(20)6-4-7-15(12)23-18(25)11-21-17(24)9-10-22-28(26,27)16-8-3-2-5-13(16)19/h2-8,22H,9-11H2,1H3,(H,21,24)(H,23,25). The van der Waals surface area contributed by atoms with Crippen molar-refractivity contribution in [2.45, 2.75) is 18.2 Å². The monoisotopic (exact) mass is 487 g/mol. The van der Waals surface area contributed by atoms with Crippen LogP contribution < -0.4 is 15.4 Å². The van der Waals surface area contributed by atoms with E-state index in [0.29, 0.717) is 15.2 Å². The molecule has 0 radical (unpaired) electrons. The van der Waals surface area contributed by atoms with E-state index in [-0.39, 0.29) is 24.4 Å². The topological polar surface area (TPSA) is 104 Å². The zero-order valence-corrected chi connectivity index (χ0v) is 18.1. The van der Waals surface area contributed by atoms with Gasteiger partial charge in [0.15, 0.2) is 0 Å². The first-order valence-corrected chi connectivity index (χ1v) is 10.9. The Morgan fingerprint density at radius 3 is 2.50 bits per heavy atom. The van der Waals surface area contributed by atoms with Gasteiger partial charge in [-0.3, -0.25) is 9.59 Å². The molecule has 28 heavy (non-hydrogen) atoms. The largest absolute Gasteiger partial charge is 0.347 e. The number of carbonyl (C=O) groups excluding carboxylic acids is 2. The first-order chi connectivity index (χ1) is 13.2. The van der Waals surface area contributed by atoms with Crippen LogP contribution in [0.5, 0.6) is 0 Å². The molecule has 0 saturated carbocycles. The Bertz CT molecular complexity index is 983. The van der Waals surface area contributed by atoms with Crippen molar-refractivity contribution in [3.63, 3.8) is 0 Å². The van der Waals surface area contributed by atoms with E-state index in [4.69, 9.17) is 11.6 Å². The molecule has 2 aromatic carbocycles. The molecular formula is C18H19BrClN3O4S. The van der Waals surface area contributed by atoms with Gasteiger partial charge >= 0.3 is 0 Å². The van der Waals surface area contributed by atoms with Gasteiger partial charge in [-0.15, -0.1) is 0 Å². The lowest BCUT2D eigenvalue weighted by Crippen LogP contribution is -2.35. The van der Waals surface area contributed by atoms with Crippen LogP contribution in [0.2, 0.25) is 5.02 Å². The van der Waals surface area contributed by atoms with Gasteiger partial charge in [0, 0.05) is 28.1 Å². The fourth-order valence-corrected chi connectivity index (χ4v) is 4.45. The molecule has 2 aromatic rings. The van der Waals surface area contributed by atoms with Crippen molar-refractivity contribution in [1.29, 1.82) is 0 Å². The molecule has 0 aliphatic rings. The number of halogens is 2. The maximum absolute atomic E-state index is 12.2. The number of hydrogen-bond acceptors (Lipinski definition) is 4. The summed E-state index contributed by atoms with van der Waals surface area (Å²) in [6.07, 6.45) is -0.104. The molecule has 0 bridgehead atoms. The third-order valence-electron chi connectivity index (χ3n) is 3.76.